The smallest absolute Gasteiger partial charge is 0.162 e. The molecule has 1 atom stereocenters. The highest BCUT2D eigenvalue weighted by Crippen LogP contribution is 2.35. The van der Waals surface area contributed by atoms with Gasteiger partial charge in [-0.1, -0.05) is 18.2 Å². The Morgan fingerprint density at radius 1 is 1.07 bits per heavy atom. The Balaban J connectivity index is 1.31. The van der Waals surface area contributed by atoms with Gasteiger partial charge in [0.25, 0.3) is 0 Å². The van der Waals surface area contributed by atoms with E-state index in [1.54, 1.807) is 0 Å². The standard InChI is InChI=1S/C23H25N3O3/c1-25(15-19-11-16-5-3-4-6-20(16)29-19)13-18-14-26(2)24-23(18)17-7-8-21-22(12-17)28-10-9-27-21/h3-8,12,14,19H,9-11,13,15H2,1-2H3. The van der Waals surface area contributed by atoms with Gasteiger partial charge in [0, 0.05) is 43.9 Å². The fourth-order valence-corrected chi connectivity index (χ4v) is 4.15. The zero-order valence-corrected chi connectivity index (χ0v) is 16.8. The molecule has 3 heterocycles. The fraction of sp³-hybridized carbons (Fsp3) is 0.348. The number of aromatic nitrogens is 2. The molecular formula is C23H25N3O3. The highest BCUT2D eigenvalue weighted by atomic mass is 16.6. The van der Waals surface area contributed by atoms with Crippen LogP contribution in [0.15, 0.2) is 48.7 Å². The Hall–Kier alpha value is -2.99. The van der Waals surface area contributed by atoms with Gasteiger partial charge in [-0.05, 0) is 36.9 Å². The lowest BCUT2D eigenvalue weighted by Gasteiger charge is -2.21. The summed E-state index contributed by atoms with van der Waals surface area (Å²) in [4.78, 5) is 2.30. The van der Waals surface area contributed by atoms with Crippen LogP contribution in [0.25, 0.3) is 11.3 Å². The van der Waals surface area contributed by atoms with Gasteiger partial charge in [-0.3, -0.25) is 9.58 Å². The van der Waals surface area contributed by atoms with Gasteiger partial charge in [-0.25, -0.2) is 0 Å². The van der Waals surface area contributed by atoms with Gasteiger partial charge < -0.3 is 14.2 Å². The summed E-state index contributed by atoms with van der Waals surface area (Å²) in [6, 6.07) is 14.3. The van der Waals surface area contributed by atoms with Crippen LogP contribution in [-0.4, -0.2) is 47.6 Å². The monoisotopic (exact) mass is 391 g/mol. The molecule has 0 N–H and O–H groups in total. The van der Waals surface area contributed by atoms with E-state index >= 15 is 0 Å². The van der Waals surface area contributed by atoms with Crippen LogP contribution < -0.4 is 14.2 Å². The number of benzene rings is 2. The summed E-state index contributed by atoms with van der Waals surface area (Å²) in [5, 5.41) is 4.71. The van der Waals surface area contributed by atoms with Gasteiger partial charge in [0.15, 0.2) is 11.5 Å². The first-order chi connectivity index (χ1) is 14.2. The molecule has 0 fully saturated rings. The van der Waals surface area contributed by atoms with Gasteiger partial charge in [0.05, 0.1) is 5.69 Å². The summed E-state index contributed by atoms with van der Waals surface area (Å²) in [6.45, 7) is 2.84. The van der Waals surface area contributed by atoms with Crippen molar-refractivity contribution in [2.24, 2.45) is 7.05 Å². The third kappa shape index (κ3) is 3.68. The minimum absolute atomic E-state index is 0.187. The molecule has 5 rings (SSSR count). The SMILES string of the molecule is CN(Cc1cn(C)nc1-c1ccc2c(c1)OCCO2)CC1Cc2ccccc2O1. The van der Waals surface area contributed by atoms with E-state index in [-0.39, 0.29) is 6.10 Å². The summed E-state index contributed by atoms with van der Waals surface area (Å²) in [7, 11) is 4.09. The topological polar surface area (TPSA) is 48.8 Å². The van der Waals surface area contributed by atoms with E-state index in [1.807, 2.05) is 29.9 Å². The molecule has 1 aromatic heterocycles. The van der Waals surface area contributed by atoms with Crippen LogP contribution in [0.3, 0.4) is 0 Å². The van der Waals surface area contributed by atoms with Crippen LogP contribution >= 0.6 is 0 Å². The maximum Gasteiger partial charge on any atom is 0.162 e. The minimum atomic E-state index is 0.187. The number of likely N-dealkylation sites (N-methyl/N-ethyl adjacent to an activating group) is 1. The van der Waals surface area contributed by atoms with Gasteiger partial charge in [-0.2, -0.15) is 5.10 Å². The van der Waals surface area contributed by atoms with Crippen LogP contribution in [0.2, 0.25) is 0 Å². The van der Waals surface area contributed by atoms with Crippen LogP contribution in [-0.2, 0) is 20.0 Å². The Labute approximate surface area is 170 Å². The summed E-state index contributed by atoms with van der Waals surface area (Å²) >= 11 is 0. The molecule has 150 valence electrons. The number of hydrogen-bond acceptors (Lipinski definition) is 5. The largest absolute Gasteiger partial charge is 0.488 e. The molecule has 0 saturated carbocycles. The Bertz CT molecular complexity index is 1000. The normalized spacial score (nSPS) is 17.3. The maximum absolute atomic E-state index is 6.10. The zero-order valence-electron chi connectivity index (χ0n) is 16.8. The van der Waals surface area contributed by atoms with E-state index in [4.69, 9.17) is 19.3 Å². The molecule has 6 heteroatoms. The number of hydrogen-bond donors (Lipinski definition) is 0. The molecule has 0 saturated heterocycles. The summed E-state index contributed by atoms with van der Waals surface area (Å²) in [6.07, 6.45) is 3.24. The molecule has 6 nitrogen and oxygen atoms in total. The van der Waals surface area contributed by atoms with E-state index < -0.39 is 0 Å². The first-order valence-electron chi connectivity index (χ1n) is 10.0. The molecule has 0 amide bonds. The Morgan fingerprint density at radius 2 is 1.90 bits per heavy atom. The number of para-hydroxylation sites is 1. The molecule has 1 unspecified atom stereocenters. The average molecular weight is 391 g/mol. The summed E-state index contributed by atoms with van der Waals surface area (Å²) in [5.41, 5.74) is 4.50. The summed E-state index contributed by atoms with van der Waals surface area (Å²) in [5.74, 6) is 2.60. The van der Waals surface area contributed by atoms with E-state index in [0.29, 0.717) is 13.2 Å². The Kier molecular flexibility index (Phi) is 4.64. The summed E-state index contributed by atoms with van der Waals surface area (Å²) < 4.78 is 19.4. The van der Waals surface area contributed by atoms with Crippen LogP contribution in [0.4, 0.5) is 0 Å². The lowest BCUT2D eigenvalue weighted by molar-refractivity contribution is 0.165. The first kappa shape index (κ1) is 18.1. The number of aryl methyl sites for hydroxylation is 1. The molecule has 3 aromatic rings. The molecule has 2 aromatic carbocycles. The van der Waals surface area contributed by atoms with Gasteiger partial charge in [-0.15, -0.1) is 0 Å². The van der Waals surface area contributed by atoms with Crippen molar-refractivity contribution >= 4 is 0 Å². The predicted molar refractivity (Wildman–Crippen MR) is 111 cm³/mol. The highest BCUT2D eigenvalue weighted by molar-refractivity contribution is 5.66. The second-order valence-electron chi connectivity index (χ2n) is 7.78. The molecule has 0 spiro atoms. The third-order valence-electron chi connectivity index (χ3n) is 5.39. The van der Waals surface area contributed by atoms with E-state index in [1.165, 1.54) is 11.1 Å². The number of ether oxygens (including phenoxy) is 3. The molecule has 2 aliphatic rings. The van der Waals surface area contributed by atoms with Crippen molar-refractivity contribution in [1.29, 1.82) is 0 Å². The van der Waals surface area contributed by atoms with Crippen molar-refractivity contribution in [3.05, 3.63) is 59.8 Å². The molecular weight excluding hydrogens is 366 g/mol. The van der Waals surface area contributed by atoms with E-state index in [0.717, 1.165) is 48.0 Å². The molecule has 2 aliphatic heterocycles. The maximum atomic E-state index is 6.10. The Morgan fingerprint density at radius 3 is 2.76 bits per heavy atom. The van der Waals surface area contributed by atoms with Crippen molar-refractivity contribution < 1.29 is 14.2 Å². The number of rotatable bonds is 5. The second-order valence-corrected chi connectivity index (χ2v) is 7.78. The first-order valence-corrected chi connectivity index (χ1v) is 10.0. The van der Waals surface area contributed by atoms with Crippen LogP contribution in [0, 0.1) is 0 Å². The second kappa shape index (κ2) is 7.44. The molecule has 29 heavy (non-hydrogen) atoms. The predicted octanol–water partition coefficient (Wildman–Crippen LogP) is 3.29. The van der Waals surface area contributed by atoms with Gasteiger partial charge in [0.2, 0.25) is 0 Å². The zero-order chi connectivity index (χ0) is 19.8. The molecule has 0 aliphatic carbocycles. The van der Waals surface area contributed by atoms with Crippen LogP contribution in [0.5, 0.6) is 17.2 Å². The minimum Gasteiger partial charge on any atom is -0.488 e. The van der Waals surface area contributed by atoms with Crippen molar-refractivity contribution in [3.8, 4) is 28.5 Å². The molecule has 0 bridgehead atoms. The average Bonchev–Trinajstić information content (AvgIpc) is 3.29. The lowest BCUT2D eigenvalue weighted by atomic mass is 10.1. The van der Waals surface area contributed by atoms with Gasteiger partial charge in [0.1, 0.15) is 25.1 Å². The van der Waals surface area contributed by atoms with Gasteiger partial charge >= 0.3 is 0 Å². The van der Waals surface area contributed by atoms with Crippen molar-refractivity contribution in [1.82, 2.24) is 14.7 Å². The fourth-order valence-electron chi connectivity index (χ4n) is 4.15. The third-order valence-corrected chi connectivity index (χ3v) is 5.39. The number of fused-ring (bicyclic) bond motifs is 2. The van der Waals surface area contributed by atoms with E-state index in [2.05, 4.69) is 42.4 Å². The van der Waals surface area contributed by atoms with Crippen molar-refractivity contribution in [2.75, 3.05) is 26.8 Å². The quantitative estimate of drug-likeness (QED) is 0.668. The van der Waals surface area contributed by atoms with Crippen molar-refractivity contribution in [3.63, 3.8) is 0 Å². The molecule has 0 radical (unpaired) electrons. The van der Waals surface area contributed by atoms with E-state index in [9.17, 15) is 0 Å². The number of nitrogens with zero attached hydrogens (tertiary/aromatic N) is 3. The lowest BCUT2D eigenvalue weighted by Crippen LogP contribution is -2.31. The van der Waals surface area contributed by atoms with Crippen LogP contribution in [0.1, 0.15) is 11.1 Å². The highest BCUT2D eigenvalue weighted by Gasteiger charge is 2.24. The van der Waals surface area contributed by atoms with Crippen molar-refractivity contribution in [2.45, 2.75) is 19.1 Å².